The fourth-order valence-electron chi connectivity index (χ4n) is 3.02. The van der Waals surface area contributed by atoms with Gasteiger partial charge in [-0.3, -0.25) is 4.79 Å². The van der Waals surface area contributed by atoms with E-state index in [0.29, 0.717) is 23.6 Å². The lowest BCUT2D eigenvalue weighted by Crippen LogP contribution is -2.23. The number of halogens is 1. The van der Waals surface area contributed by atoms with Crippen molar-refractivity contribution in [2.24, 2.45) is 0 Å². The summed E-state index contributed by atoms with van der Waals surface area (Å²) in [5.41, 5.74) is 3.78. The smallest absolute Gasteiger partial charge is 0.261 e. The Morgan fingerprint density at radius 1 is 1.23 bits per heavy atom. The topological polar surface area (TPSA) is 80.0 Å². The minimum Gasteiger partial charge on any atom is -0.334 e. The molecule has 7 heteroatoms. The van der Waals surface area contributed by atoms with Crippen LogP contribution in [0, 0.1) is 5.82 Å². The van der Waals surface area contributed by atoms with E-state index in [0.717, 1.165) is 29.7 Å². The second-order valence-electron chi connectivity index (χ2n) is 6.21. The number of nitrogens with one attached hydrogen (secondary N) is 2. The summed E-state index contributed by atoms with van der Waals surface area (Å²) in [7, 11) is 0. The van der Waals surface area contributed by atoms with E-state index in [2.05, 4.69) is 20.8 Å². The summed E-state index contributed by atoms with van der Waals surface area (Å²) in [4.78, 5) is 15.4. The molecule has 3 aromatic rings. The van der Waals surface area contributed by atoms with Crippen LogP contribution in [0.2, 0.25) is 0 Å². The van der Waals surface area contributed by atoms with Crippen LogP contribution in [0.4, 0.5) is 10.1 Å². The maximum absolute atomic E-state index is 14.5. The second kappa shape index (κ2) is 6.68. The number of fused-ring (bicyclic) bond motifs is 1. The van der Waals surface area contributed by atoms with Crippen LogP contribution < -0.4 is 10.6 Å². The van der Waals surface area contributed by atoms with Crippen LogP contribution in [0.15, 0.2) is 40.9 Å². The van der Waals surface area contributed by atoms with Gasteiger partial charge in [-0.25, -0.2) is 4.39 Å². The van der Waals surface area contributed by atoms with E-state index in [9.17, 15) is 9.18 Å². The molecule has 0 spiro atoms. The lowest BCUT2D eigenvalue weighted by Gasteiger charge is -2.17. The Morgan fingerprint density at radius 3 is 2.81 bits per heavy atom. The first kappa shape index (κ1) is 16.4. The highest BCUT2D eigenvalue weighted by molar-refractivity contribution is 5.88. The molecule has 0 saturated carbocycles. The minimum absolute atomic E-state index is 0.141. The Balaban J connectivity index is 1.63. The van der Waals surface area contributed by atoms with Crippen molar-refractivity contribution in [1.82, 2.24) is 15.5 Å². The van der Waals surface area contributed by atoms with Gasteiger partial charge < -0.3 is 15.2 Å². The average Bonchev–Trinajstić information content (AvgIpc) is 3.11. The van der Waals surface area contributed by atoms with Gasteiger partial charge in [-0.2, -0.15) is 4.98 Å². The summed E-state index contributed by atoms with van der Waals surface area (Å²) < 4.78 is 19.7. The van der Waals surface area contributed by atoms with Crippen molar-refractivity contribution < 1.29 is 13.7 Å². The van der Waals surface area contributed by atoms with Gasteiger partial charge in [0.15, 0.2) is 0 Å². The third kappa shape index (κ3) is 3.21. The van der Waals surface area contributed by atoms with Crippen molar-refractivity contribution >= 4 is 11.6 Å². The maximum Gasteiger partial charge on any atom is 0.261 e. The van der Waals surface area contributed by atoms with Gasteiger partial charge in [0.25, 0.3) is 5.89 Å². The van der Waals surface area contributed by atoms with Gasteiger partial charge in [-0.15, -0.1) is 0 Å². The molecule has 2 heterocycles. The molecular weight excluding hydrogens is 335 g/mol. The van der Waals surface area contributed by atoms with Crippen molar-refractivity contribution in [2.45, 2.75) is 19.9 Å². The molecule has 0 saturated heterocycles. The maximum atomic E-state index is 14.5. The SMILES string of the molecule is CC(=O)Nc1ccc(-c2noc(-c3cc4c(cc3F)CNCC4)n2)cc1. The molecule has 1 aliphatic rings. The molecular formula is C19H17FN4O2. The molecule has 1 aromatic heterocycles. The summed E-state index contributed by atoms with van der Waals surface area (Å²) in [6, 6.07) is 10.4. The molecule has 132 valence electrons. The molecule has 26 heavy (non-hydrogen) atoms. The standard InChI is InChI=1S/C19H17FN4O2/c1-11(25)22-15-4-2-12(3-5-15)18-23-19(26-24-18)16-8-13-6-7-21-10-14(13)9-17(16)20/h2-5,8-9,21H,6-7,10H2,1H3,(H,22,25). The van der Waals surface area contributed by atoms with Crippen molar-refractivity contribution in [1.29, 1.82) is 0 Å². The Hall–Kier alpha value is -3.06. The minimum atomic E-state index is -0.372. The monoisotopic (exact) mass is 352 g/mol. The van der Waals surface area contributed by atoms with Gasteiger partial charge in [0.2, 0.25) is 11.7 Å². The first-order valence-corrected chi connectivity index (χ1v) is 8.34. The molecule has 1 amide bonds. The Labute approximate surface area is 149 Å². The molecule has 2 N–H and O–H groups in total. The van der Waals surface area contributed by atoms with E-state index >= 15 is 0 Å². The molecule has 0 atom stereocenters. The molecule has 6 nitrogen and oxygen atoms in total. The van der Waals surface area contributed by atoms with Gasteiger partial charge in [0.05, 0.1) is 5.56 Å². The Bertz CT molecular complexity index is 966. The quantitative estimate of drug-likeness (QED) is 0.757. The molecule has 4 rings (SSSR count). The number of hydrogen-bond donors (Lipinski definition) is 2. The molecule has 0 radical (unpaired) electrons. The van der Waals surface area contributed by atoms with Gasteiger partial charge in [0.1, 0.15) is 5.82 Å². The van der Waals surface area contributed by atoms with Crippen molar-refractivity contribution in [2.75, 3.05) is 11.9 Å². The normalized spacial score (nSPS) is 13.3. The second-order valence-corrected chi connectivity index (χ2v) is 6.21. The first-order valence-electron chi connectivity index (χ1n) is 8.34. The van der Waals surface area contributed by atoms with Crippen LogP contribution in [-0.4, -0.2) is 22.6 Å². The first-order chi connectivity index (χ1) is 12.6. The summed E-state index contributed by atoms with van der Waals surface area (Å²) in [6.45, 7) is 2.98. The van der Waals surface area contributed by atoms with Gasteiger partial charge in [-0.05, 0) is 60.5 Å². The number of nitrogens with zero attached hydrogens (tertiary/aromatic N) is 2. The van der Waals surface area contributed by atoms with E-state index in [1.807, 2.05) is 0 Å². The van der Waals surface area contributed by atoms with Crippen molar-refractivity contribution in [3.8, 4) is 22.8 Å². The van der Waals surface area contributed by atoms with Gasteiger partial charge >= 0.3 is 0 Å². The fraction of sp³-hybridized carbons (Fsp3) is 0.211. The van der Waals surface area contributed by atoms with E-state index in [1.54, 1.807) is 30.3 Å². The van der Waals surface area contributed by atoms with Gasteiger partial charge in [0, 0.05) is 24.7 Å². The number of benzene rings is 2. The van der Waals surface area contributed by atoms with E-state index < -0.39 is 0 Å². The van der Waals surface area contributed by atoms with Crippen LogP contribution >= 0.6 is 0 Å². The highest BCUT2D eigenvalue weighted by atomic mass is 19.1. The van der Waals surface area contributed by atoms with Gasteiger partial charge in [-0.1, -0.05) is 5.16 Å². The number of carbonyl (C=O) groups excluding carboxylic acids is 1. The van der Waals surface area contributed by atoms with Crippen LogP contribution in [0.3, 0.4) is 0 Å². The third-order valence-electron chi connectivity index (χ3n) is 4.30. The van der Waals surface area contributed by atoms with E-state index in [1.165, 1.54) is 13.0 Å². The predicted molar refractivity (Wildman–Crippen MR) is 94.8 cm³/mol. The highest BCUT2D eigenvalue weighted by Gasteiger charge is 2.19. The number of aromatic nitrogens is 2. The summed E-state index contributed by atoms with van der Waals surface area (Å²) in [6.07, 6.45) is 0.841. The number of carbonyl (C=O) groups is 1. The van der Waals surface area contributed by atoms with Crippen LogP contribution in [0.25, 0.3) is 22.8 Å². The van der Waals surface area contributed by atoms with Crippen molar-refractivity contribution in [3.05, 3.63) is 53.3 Å². The lowest BCUT2D eigenvalue weighted by molar-refractivity contribution is -0.114. The highest BCUT2D eigenvalue weighted by Crippen LogP contribution is 2.28. The number of anilines is 1. The van der Waals surface area contributed by atoms with E-state index in [-0.39, 0.29) is 17.6 Å². The average molecular weight is 352 g/mol. The Kier molecular flexibility index (Phi) is 4.22. The largest absolute Gasteiger partial charge is 0.334 e. The van der Waals surface area contributed by atoms with Crippen LogP contribution in [0.5, 0.6) is 0 Å². The molecule has 0 aliphatic carbocycles. The summed E-state index contributed by atoms with van der Waals surface area (Å²) >= 11 is 0. The molecule has 0 fully saturated rings. The van der Waals surface area contributed by atoms with Crippen LogP contribution in [-0.2, 0) is 17.8 Å². The number of amides is 1. The zero-order valence-corrected chi connectivity index (χ0v) is 14.2. The molecule has 1 aliphatic heterocycles. The fourth-order valence-corrected chi connectivity index (χ4v) is 3.02. The lowest BCUT2D eigenvalue weighted by atomic mass is 9.98. The Morgan fingerprint density at radius 2 is 2.04 bits per heavy atom. The molecule has 2 aromatic carbocycles. The molecule has 0 unspecified atom stereocenters. The van der Waals surface area contributed by atoms with Crippen molar-refractivity contribution in [3.63, 3.8) is 0 Å². The summed E-state index contributed by atoms with van der Waals surface area (Å²) in [5.74, 6) is 0.0132. The van der Waals surface area contributed by atoms with Crippen LogP contribution in [0.1, 0.15) is 18.1 Å². The number of hydrogen-bond acceptors (Lipinski definition) is 5. The third-order valence-corrected chi connectivity index (χ3v) is 4.30. The predicted octanol–water partition coefficient (Wildman–Crippen LogP) is 3.15. The number of rotatable bonds is 3. The molecule has 0 bridgehead atoms. The zero-order valence-electron chi connectivity index (χ0n) is 14.2. The summed E-state index contributed by atoms with van der Waals surface area (Å²) in [5, 5.41) is 9.87. The van der Waals surface area contributed by atoms with E-state index in [4.69, 9.17) is 4.52 Å². The zero-order chi connectivity index (χ0) is 18.1.